The molecule has 0 fully saturated rings. The van der Waals surface area contributed by atoms with Gasteiger partial charge in [0, 0.05) is 12.4 Å². The maximum Gasteiger partial charge on any atom is 0.387 e. The van der Waals surface area contributed by atoms with Gasteiger partial charge < -0.3 is 10.1 Å². The van der Waals surface area contributed by atoms with Gasteiger partial charge in [-0.15, -0.1) is 0 Å². The first-order valence-electron chi connectivity index (χ1n) is 7.49. The first-order chi connectivity index (χ1) is 12.4. The lowest BCUT2D eigenvalue weighted by Gasteiger charge is -2.12. The van der Waals surface area contributed by atoms with Gasteiger partial charge in [-0.05, 0) is 46.6 Å². The van der Waals surface area contributed by atoms with Crippen LogP contribution in [0.2, 0.25) is 0 Å². The number of benzene rings is 1. The van der Waals surface area contributed by atoms with Gasteiger partial charge >= 0.3 is 6.61 Å². The maximum atomic E-state index is 12.5. The number of carbonyl (C=O) groups is 1. The van der Waals surface area contributed by atoms with E-state index in [0.717, 1.165) is 10.0 Å². The van der Waals surface area contributed by atoms with Crippen LogP contribution in [-0.2, 0) is 6.67 Å². The second kappa shape index (κ2) is 7.65. The van der Waals surface area contributed by atoms with Crippen LogP contribution >= 0.6 is 15.9 Å². The number of nitrogens with one attached hydrogen (secondary N) is 1. The van der Waals surface area contributed by atoms with Crippen LogP contribution in [0.3, 0.4) is 0 Å². The number of aromatic nitrogens is 4. The number of hydrogen-bond acceptors (Lipinski definition) is 4. The van der Waals surface area contributed by atoms with Crippen molar-refractivity contribution in [2.45, 2.75) is 20.2 Å². The lowest BCUT2D eigenvalue weighted by Crippen LogP contribution is -2.16. The second-order valence-electron chi connectivity index (χ2n) is 5.41. The van der Waals surface area contributed by atoms with Gasteiger partial charge in [-0.2, -0.15) is 19.0 Å². The number of rotatable bonds is 6. The summed E-state index contributed by atoms with van der Waals surface area (Å²) < 4.78 is 33.5. The number of halogens is 3. The Bertz CT molecular complexity index is 925. The summed E-state index contributed by atoms with van der Waals surface area (Å²) in [5.41, 5.74) is 1.01. The fraction of sp³-hybridized carbons (Fsp3) is 0.188. The first kappa shape index (κ1) is 18.1. The average Bonchev–Trinajstić information content (AvgIpc) is 3.19. The Hall–Kier alpha value is -2.75. The van der Waals surface area contributed by atoms with Crippen molar-refractivity contribution in [3.8, 4) is 5.75 Å². The Labute approximate surface area is 155 Å². The predicted molar refractivity (Wildman–Crippen MR) is 93.3 cm³/mol. The molecule has 0 spiro atoms. The van der Waals surface area contributed by atoms with Crippen LogP contribution < -0.4 is 10.1 Å². The van der Waals surface area contributed by atoms with E-state index in [0.29, 0.717) is 6.67 Å². The maximum absolute atomic E-state index is 12.5. The third-order valence-corrected chi connectivity index (χ3v) is 3.78. The molecule has 3 aromatic rings. The van der Waals surface area contributed by atoms with E-state index in [1.54, 1.807) is 36.3 Å². The first-order valence-corrected chi connectivity index (χ1v) is 8.28. The average molecular weight is 426 g/mol. The fourth-order valence-electron chi connectivity index (χ4n) is 2.24. The van der Waals surface area contributed by atoms with Gasteiger partial charge in [-0.25, -0.2) is 4.68 Å². The second-order valence-corrected chi connectivity index (χ2v) is 6.33. The highest BCUT2D eigenvalue weighted by Crippen LogP contribution is 2.27. The SMILES string of the molecule is Cc1ccc(NC(=O)c2ccn(Cn3cc(Br)cn3)n2)c(OC(F)F)c1. The molecule has 0 aliphatic carbocycles. The summed E-state index contributed by atoms with van der Waals surface area (Å²) >= 11 is 3.30. The summed E-state index contributed by atoms with van der Waals surface area (Å²) in [5.74, 6) is -0.637. The largest absolute Gasteiger partial charge is 0.433 e. The highest BCUT2D eigenvalue weighted by molar-refractivity contribution is 9.10. The molecule has 0 aliphatic heterocycles. The van der Waals surface area contributed by atoms with E-state index >= 15 is 0 Å². The highest BCUT2D eigenvalue weighted by atomic mass is 79.9. The minimum absolute atomic E-state index is 0.103. The van der Waals surface area contributed by atoms with Gasteiger partial charge in [0.2, 0.25) is 0 Å². The van der Waals surface area contributed by atoms with E-state index in [1.807, 2.05) is 0 Å². The van der Waals surface area contributed by atoms with Crippen molar-refractivity contribution in [3.05, 3.63) is 58.6 Å². The minimum atomic E-state index is -2.99. The van der Waals surface area contributed by atoms with Crippen LogP contribution in [0.5, 0.6) is 5.75 Å². The van der Waals surface area contributed by atoms with Gasteiger partial charge in [0.05, 0.1) is 16.4 Å². The third kappa shape index (κ3) is 4.45. The Morgan fingerprint density at radius 3 is 2.85 bits per heavy atom. The van der Waals surface area contributed by atoms with Gasteiger partial charge in [0.1, 0.15) is 12.4 Å². The van der Waals surface area contributed by atoms with Crippen molar-refractivity contribution in [2.24, 2.45) is 0 Å². The van der Waals surface area contributed by atoms with Gasteiger partial charge in [0.15, 0.2) is 5.69 Å². The molecule has 2 heterocycles. The predicted octanol–water partition coefficient (Wildman–Crippen LogP) is 3.51. The van der Waals surface area contributed by atoms with Gasteiger partial charge in [0.25, 0.3) is 5.91 Å². The van der Waals surface area contributed by atoms with Crippen LogP contribution in [-0.4, -0.2) is 32.1 Å². The molecule has 1 amide bonds. The molecule has 0 radical (unpaired) electrons. The Morgan fingerprint density at radius 1 is 1.35 bits per heavy atom. The number of amides is 1. The molecule has 0 atom stereocenters. The molecule has 1 N–H and O–H groups in total. The quantitative estimate of drug-likeness (QED) is 0.655. The molecule has 0 aliphatic rings. The van der Waals surface area contributed by atoms with Crippen molar-refractivity contribution < 1.29 is 18.3 Å². The van der Waals surface area contributed by atoms with Gasteiger partial charge in [-0.1, -0.05) is 6.07 Å². The number of hydrogen-bond donors (Lipinski definition) is 1. The molecule has 7 nitrogen and oxygen atoms in total. The highest BCUT2D eigenvalue weighted by Gasteiger charge is 2.15. The van der Waals surface area contributed by atoms with Crippen LogP contribution in [0.15, 0.2) is 47.3 Å². The fourth-order valence-corrected chi connectivity index (χ4v) is 2.57. The zero-order valence-electron chi connectivity index (χ0n) is 13.6. The number of nitrogens with zero attached hydrogens (tertiary/aromatic N) is 4. The van der Waals surface area contributed by atoms with Crippen molar-refractivity contribution in [1.29, 1.82) is 0 Å². The van der Waals surface area contributed by atoms with Crippen LogP contribution in [0, 0.1) is 6.92 Å². The monoisotopic (exact) mass is 425 g/mol. The van der Waals surface area contributed by atoms with E-state index in [9.17, 15) is 13.6 Å². The number of aryl methyl sites for hydroxylation is 1. The van der Waals surface area contributed by atoms with E-state index in [-0.39, 0.29) is 17.1 Å². The van der Waals surface area contributed by atoms with Crippen LogP contribution in [0.4, 0.5) is 14.5 Å². The number of carbonyl (C=O) groups excluding carboxylic acids is 1. The molecule has 2 aromatic heterocycles. The molecule has 136 valence electrons. The number of alkyl halides is 2. The van der Waals surface area contributed by atoms with E-state index in [1.165, 1.54) is 22.9 Å². The zero-order valence-corrected chi connectivity index (χ0v) is 15.2. The normalized spacial score (nSPS) is 11.0. The number of anilines is 1. The molecule has 26 heavy (non-hydrogen) atoms. The summed E-state index contributed by atoms with van der Waals surface area (Å²) in [5, 5.41) is 10.8. The Morgan fingerprint density at radius 2 is 2.15 bits per heavy atom. The standard InChI is InChI=1S/C16H14BrF2N5O2/c1-10-2-3-12(14(6-10)26-16(18)19)21-15(25)13-4-5-23(22-13)9-24-8-11(17)7-20-24/h2-8,16H,9H2,1H3,(H,21,25). The molecule has 1 aromatic carbocycles. The smallest absolute Gasteiger partial charge is 0.387 e. The number of ether oxygens (including phenoxy) is 1. The van der Waals surface area contributed by atoms with Crippen LogP contribution in [0.1, 0.15) is 16.1 Å². The van der Waals surface area contributed by atoms with Crippen molar-refractivity contribution in [3.63, 3.8) is 0 Å². The molecule has 0 bridgehead atoms. The van der Waals surface area contributed by atoms with Crippen molar-refractivity contribution in [1.82, 2.24) is 19.6 Å². The van der Waals surface area contributed by atoms with Crippen molar-refractivity contribution in [2.75, 3.05) is 5.32 Å². The molecule has 0 unspecified atom stereocenters. The van der Waals surface area contributed by atoms with E-state index < -0.39 is 12.5 Å². The third-order valence-electron chi connectivity index (χ3n) is 3.37. The molecular formula is C16H14BrF2N5O2. The molecule has 3 rings (SSSR count). The Balaban J connectivity index is 1.72. The topological polar surface area (TPSA) is 74.0 Å². The minimum Gasteiger partial charge on any atom is -0.433 e. The van der Waals surface area contributed by atoms with Gasteiger partial charge in [-0.3, -0.25) is 9.48 Å². The lowest BCUT2D eigenvalue weighted by atomic mass is 10.2. The molecule has 0 saturated carbocycles. The summed E-state index contributed by atoms with van der Waals surface area (Å²) in [6, 6.07) is 6.14. The summed E-state index contributed by atoms with van der Waals surface area (Å²) in [4.78, 5) is 12.3. The molecule has 0 saturated heterocycles. The zero-order chi connectivity index (χ0) is 18.7. The van der Waals surface area contributed by atoms with E-state index in [4.69, 9.17) is 0 Å². The molecule has 10 heteroatoms. The molecular weight excluding hydrogens is 412 g/mol. The summed E-state index contributed by atoms with van der Waals surface area (Å²) in [6.45, 7) is -0.928. The van der Waals surface area contributed by atoms with Crippen molar-refractivity contribution >= 4 is 27.5 Å². The van der Waals surface area contributed by atoms with E-state index in [2.05, 4.69) is 36.2 Å². The lowest BCUT2D eigenvalue weighted by molar-refractivity contribution is -0.0494. The summed E-state index contributed by atoms with van der Waals surface area (Å²) in [7, 11) is 0. The van der Waals surface area contributed by atoms with Crippen LogP contribution in [0.25, 0.3) is 0 Å². The Kier molecular flexibility index (Phi) is 5.31. The summed E-state index contributed by atoms with van der Waals surface area (Å²) in [6.07, 6.45) is 5.02.